The molecule has 1 aliphatic heterocycles. The number of pyridine rings is 1. The van der Waals surface area contributed by atoms with Crippen LogP contribution in [-0.4, -0.2) is 40.9 Å². The number of aromatic hydroxyl groups is 1. The largest absolute Gasteiger partial charge is 0.507 e. The molecule has 6 nitrogen and oxygen atoms in total. The van der Waals surface area contributed by atoms with Crippen LogP contribution < -0.4 is 10.1 Å². The van der Waals surface area contributed by atoms with Crippen molar-refractivity contribution in [3.63, 3.8) is 0 Å². The van der Waals surface area contributed by atoms with Crippen molar-refractivity contribution >= 4 is 12.1 Å². The zero-order valence-corrected chi connectivity index (χ0v) is 14.7. The third-order valence-corrected chi connectivity index (χ3v) is 4.72. The van der Waals surface area contributed by atoms with Crippen LogP contribution in [0.3, 0.4) is 0 Å². The summed E-state index contributed by atoms with van der Waals surface area (Å²) >= 11 is 0. The number of phenolic OH excluding ortho intramolecular Hbond substituents is 1. The first-order chi connectivity index (χ1) is 12.6. The van der Waals surface area contributed by atoms with Crippen LogP contribution in [0.2, 0.25) is 0 Å². The summed E-state index contributed by atoms with van der Waals surface area (Å²) in [6.45, 7) is 2.65. The van der Waals surface area contributed by atoms with Crippen molar-refractivity contribution in [1.29, 1.82) is 0 Å². The summed E-state index contributed by atoms with van der Waals surface area (Å²) in [5, 5.41) is 13.1. The average Bonchev–Trinajstić information content (AvgIpc) is 2.66. The summed E-state index contributed by atoms with van der Waals surface area (Å²) in [5.74, 6) is 0.0835. The highest BCUT2D eigenvalue weighted by atomic mass is 16.5. The molecule has 0 aliphatic carbocycles. The third-order valence-electron chi connectivity index (χ3n) is 4.72. The Bertz CT molecular complexity index is 813. The van der Waals surface area contributed by atoms with E-state index in [0.717, 1.165) is 25.1 Å². The van der Waals surface area contributed by atoms with Crippen molar-refractivity contribution in [2.75, 3.05) is 13.2 Å². The number of phenols is 1. The molecule has 0 unspecified atom stereocenters. The van der Waals surface area contributed by atoms with E-state index in [9.17, 15) is 14.7 Å². The molecule has 136 valence electrons. The average molecular weight is 354 g/mol. The van der Waals surface area contributed by atoms with E-state index < -0.39 is 5.54 Å². The van der Waals surface area contributed by atoms with Gasteiger partial charge in [0.2, 0.25) is 0 Å². The van der Waals surface area contributed by atoms with E-state index in [-0.39, 0.29) is 29.5 Å². The van der Waals surface area contributed by atoms with Gasteiger partial charge in [0.25, 0.3) is 0 Å². The highest BCUT2D eigenvalue weighted by Gasteiger charge is 2.41. The predicted molar refractivity (Wildman–Crippen MR) is 96.9 cm³/mol. The van der Waals surface area contributed by atoms with Gasteiger partial charge in [0.05, 0.1) is 5.56 Å². The molecule has 1 saturated heterocycles. The summed E-state index contributed by atoms with van der Waals surface area (Å²) in [5.41, 5.74) is 0.587. The second-order valence-electron chi connectivity index (χ2n) is 6.58. The predicted octanol–water partition coefficient (Wildman–Crippen LogP) is 2.68. The van der Waals surface area contributed by atoms with Crippen LogP contribution in [0.1, 0.15) is 45.7 Å². The van der Waals surface area contributed by atoms with Gasteiger partial charge in [-0.15, -0.1) is 0 Å². The number of hydrogen-bond acceptors (Lipinski definition) is 6. The lowest BCUT2D eigenvalue weighted by Gasteiger charge is -2.37. The Hall–Kier alpha value is -2.73. The standard InChI is InChI=1S/C20H22N2O4/c1-14-11-15(7-10-21-14)19(25)20(8-2-3-9-22-20)13-26-18-6-4-5-17(24)16(18)12-23/h4-7,10-12,22,24H,2-3,8-9,13H2,1H3/t20-/m0/s1. The Morgan fingerprint density at radius 3 is 2.92 bits per heavy atom. The van der Waals surface area contributed by atoms with Crippen LogP contribution in [0, 0.1) is 6.92 Å². The molecular weight excluding hydrogens is 332 g/mol. The van der Waals surface area contributed by atoms with E-state index in [1.54, 1.807) is 30.5 Å². The first kappa shape index (κ1) is 18.1. The quantitative estimate of drug-likeness (QED) is 0.612. The van der Waals surface area contributed by atoms with Crippen molar-refractivity contribution in [3.8, 4) is 11.5 Å². The molecule has 26 heavy (non-hydrogen) atoms. The van der Waals surface area contributed by atoms with Crippen LogP contribution in [0.5, 0.6) is 11.5 Å². The molecule has 2 N–H and O–H groups in total. The number of carbonyl (C=O) groups is 2. The summed E-state index contributed by atoms with van der Waals surface area (Å²) in [7, 11) is 0. The fourth-order valence-corrected chi connectivity index (χ4v) is 3.29. The molecule has 1 aliphatic rings. The first-order valence-electron chi connectivity index (χ1n) is 8.68. The lowest BCUT2D eigenvalue weighted by molar-refractivity contribution is 0.0712. The third kappa shape index (κ3) is 3.60. The van der Waals surface area contributed by atoms with Gasteiger partial charge in [0.15, 0.2) is 12.1 Å². The number of hydrogen-bond donors (Lipinski definition) is 2. The second-order valence-corrected chi connectivity index (χ2v) is 6.58. The minimum atomic E-state index is -0.863. The number of aldehydes is 1. The number of benzene rings is 1. The minimum Gasteiger partial charge on any atom is -0.507 e. The van der Waals surface area contributed by atoms with Crippen LogP contribution in [-0.2, 0) is 0 Å². The number of piperidine rings is 1. The molecular formula is C20H22N2O4. The molecule has 6 heteroatoms. The number of ether oxygens (including phenoxy) is 1. The highest BCUT2D eigenvalue weighted by Crippen LogP contribution is 2.29. The SMILES string of the molecule is Cc1cc(C(=O)[C@@]2(COc3cccc(O)c3C=O)CCCCN2)ccn1. The lowest BCUT2D eigenvalue weighted by atomic mass is 9.82. The normalized spacial score (nSPS) is 19.7. The molecule has 1 atom stereocenters. The van der Waals surface area contributed by atoms with Gasteiger partial charge in [-0.3, -0.25) is 14.6 Å². The van der Waals surface area contributed by atoms with Crippen LogP contribution in [0.15, 0.2) is 36.5 Å². The van der Waals surface area contributed by atoms with Gasteiger partial charge in [-0.2, -0.15) is 0 Å². The Morgan fingerprint density at radius 2 is 2.23 bits per heavy atom. The summed E-state index contributed by atoms with van der Waals surface area (Å²) in [6, 6.07) is 8.12. The molecule has 0 saturated carbocycles. The minimum absolute atomic E-state index is 0.0458. The lowest BCUT2D eigenvalue weighted by Crippen LogP contribution is -2.58. The zero-order valence-electron chi connectivity index (χ0n) is 14.7. The van der Waals surface area contributed by atoms with Gasteiger partial charge in [0.1, 0.15) is 23.6 Å². The van der Waals surface area contributed by atoms with Crippen molar-refractivity contribution in [3.05, 3.63) is 53.3 Å². The monoisotopic (exact) mass is 354 g/mol. The van der Waals surface area contributed by atoms with Crippen molar-refractivity contribution < 1.29 is 19.4 Å². The van der Waals surface area contributed by atoms with E-state index in [2.05, 4.69) is 10.3 Å². The Kier molecular flexibility index (Phi) is 5.32. The molecule has 0 amide bonds. The molecule has 0 spiro atoms. The highest BCUT2D eigenvalue weighted by molar-refractivity contribution is 6.03. The fourth-order valence-electron chi connectivity index (χ4n) is 3.29. The maximum absolute atomic E-state index is 13.2. The molecule has 2 heterocycles. The van der Waals surface area contributed by atoms with Crippen molar-refractivity contribution in [2.45, 2.75) is 31.7 Å². The number of rotatable bonds is 6. The van der Waals surface area contributed by atoms with E-state index >= 15 is 0 Å². The molecule has 3 rings (SSSR count). The number of nitrogens with one attached hydrogen (secondary N) is 1. The maximum atomic E-state index is 13.2. The Labute approximate surface area is 152 Å². The van der Waals surface area contributed by atoms with Gasteiger partial charge in [-0.25, -0.2) is 0 Å². The number of Topliss-reactive ketones (excluding diaryl/α,β-unsaturated/α-hetero) is 1. The van der Waals surface area contributed by atoms with Crippen molar-refractivity contribution in [2.24, 2.45) is 0 Å². The van der Waals surface area contributed by atoms with E-state index in [1.807, 2.05) is 6.92 Å². The van der Waals surface area contributed by atoms with E-state index in [1.165, 1.54) is 6.07 Å². The molecule has 1 fully saturated rings. The summed E-state index contributed by atoms with van der Waals surface area (Å²) in [6.07, 6.45) is 4.73. The number of aromatic nitrogens is 1. The molecule has 2 aromatic rings. The van der Waals surface area contributed by atoms with Gasteiger partial charge in [-0.05, 0) is 57.0 Å². The second kappa shape index (κ2) is 7.66. The molecule has 1 aromatic heterocycles. The smallest absolute Gasteiger partial charge is 0.186 e. The number of ketones is 1. The van der Waals surface area contributed by atoms with E-state index in [4.69, 9.17) is 4.74 Å². The topological polar surface area (TPSA) is 88.5 Å². The number of aryl methyl sites for hydroxylation is 1. The van der Waals surface area contributed by atoms with Crippen LogP contribution in [0.4, 0.5) is 0 Å². The summed E-state index contributed by atoms with van der Waals surface area (Å²) in [4.78, 5) is 28.6. The first-order valence-corrected chi connectivity index (χ1v) is 8.68. The molecule has 0 bridgehead atoms. The van der Waals surface area contributed by atoms with Crippen molar-refractivity contribution in [1.82, 2.24) is 10.3 Å². The van der Waals surface area contributed by atoms with Gasteiger partial charge < -0.3 is 15.2 Å². The molecule has 1 aromatic carbocycles. The van der Waals surface area contributed by atoms with Gasteiger partial charge in [-0.1, -0.05) is 6.07 Å². The van der Waals surface area contributed by atoms with Crippen LogP contribution >= 0.6 is 0 Å². The zero-order chi connectivity index (χ0) is 18.6. The Morgan fingerprint density at radius 1 is 1.38 bits per heavy atom. The molecule has 0 radical (unpaired) electrons. The number of carbonyl (C=O) groups excluding carboxylic acids is 2. The summed E-state index contributed by atoms with van der Waals surface area (Å²) < 4.78 is 5.83. The number of nitrogens with zero attached hydrogens (tertiary/aromatic N) is 1. The Balaban J connectivity index is 1.88. The van der Waals surface area contributed by atoms with Gasteiger partial charge >= 0.3 is 0 Å². The maximum Gasteiger partial charge on any atom is 0.186 e. The van der Waals surface area contributed by atoms with Crippen LogP contribution in [0.25, 0.3) is 0 Å². The van der Waals surface area contributed by atoms with E-state index in [0.29, 0.717) is 18.3 Å². The fraction of sp³-hybridized carbons (Fsp3) is 0.350. The van der Waals surface area contributed by atoms with Gasteiger partial charge in [0, 0.05) is 17.5 Å².